The average Bonchev–Trinajstić information content (AvgIpc) is 3.50. The quantitative estimate of drug-likeness (QED) is 0.356. The fraction of sp³-hybridized carbons (Fsp3) is 0.276. The minimum atomic E-state index is -3.90. The Morgan fingerprint density at radius 2 is 1.69 bits per heavy atom. The van der Waals surface area contributed by atoms with E-state index < -0.39 is 15.6 Å². The lowest BCUT2D eigenvalue weighted by molar-refractivity contribution is 0.0786. The molecule has 5 nitrogen and oxygen atoms in total. The molecular weight excluding hydrogens is 456 g/mol. The Hall–Kier alpha value is -3.22. The average molecular weight is 487 g/mol. The van der Waals surface area contributed by atoms with E-state index in [-0.39, 0.29) is 4.90 Å². The van der Waals surface area contributed by atoms with Gasteiger partial charge < -0.3 is 5.11 Å². The molecule has 5 rings (SSSR count). The van der Waals surface area contributed by atoms with Gasteiger partial charge in [0.05, 0.1) is 16.2 Å². The van der Waals surface area contributed by atoms with E-state index in [1.165, 1.54) is 16.8 Å². The highest BCUT2D eigenvalue weighted by atomic mass is 32.2. The van der Waals surface area contributed by atoms with Crippen molar-refractivity contribution in [1.82, 2.24) is 8.96 Å². The van der Waals surface area contributed by atoms with Gasteiger partial charge in [0.2, 0.25) is 0 Å². The van der Waals surface area contributed by atoms with Gasteiger partial charge in [-0.3, -0.25) is 0 Å². The van der Waals surface area contributed by atoms with Crippen LogP contribution in [-0.2, 0) is 15.6 Å². The van der Waals surface area contributed by atoms with Crippen LogP contribution in [0.5, 0.6) is 0 Å². The fourth-order valence-electron chi connectivity index (χ4n) is 4.89. The van der Waals surface area contributed by atoms with Crippen LogP contribution in [0, 0.1) is 5.92 Å². The van der Waals surface area contributed by atoms with Crippen LogP contribution in [0.3, 0.4) is 0 Å². The van der Waals surface area contributed by atoms with E-state index >= 15 is 0 Å². The molecule has 1 N–H and O–H groups in total. The van der Waals surface area contributed by atoms with Gasteiger partial charge in [0.25, 0.3) is 10.0 Å². The maximum Gasteiger partial charge on any atom is 0.269 e. The molecule has 1 fully saturated rings. The predicted octanol–water partition coefficient (Wildman–Crippen LogP) is 6.12. The molecule has 0 unspecified atom stereocenters. The summed E-state index contributed by atoms with van der Waals surface area (Å²) in [5.41, 5.74) is 2.65. The summed E-state index contributed by atoms with van der Waals surface area (Å²) in [5.74, 6) is 0.387. The highest BCUT2D eigenvalue weighted by Crippen LogP contribution is 2.36. The molecule has 35 heavy (non-hydrogen) atoms. The van der Waals surface area contributed by atoms with E-state index in [4.69, 9.17) is 0 Å². The zero-order valence-corrected chi connectivity index (χ0v) is 20.9. The maximum atomic E-state index is 14.0. The number of aromatic nitrogens is 2. The Kier molecular flexibility index (Phi) is 6.11. The lowest BCUT2D eigenvalue weighted by atomic mass is 9.92. The van der Waals surface area contributed by atoms with Crippen LogP contribution in [-0.4, -0.2) is 22.5 Å². The third-order valence-corrected chi connectivity index (χ3v) is 8.50. The Bertz CT molecular complexity index is 1470. The summed E-state index contributed by atoms with van der Waals surface area (Å²) in [6, 6.07) is 21.9. The molecule has 0 bridgehead atoms. The number of hydrogen-bond donors (Lipinski definition) is 1. The van der Waals surface area contributed by atoms with Gasteiger partial charge in [0, 0.05) is 17.2 Å². The van der Waals surface area contributed by atoms with Crippen molar-refractivity contribution in [2.45, 2.75) is 50.0 Å². The number of pyridine rings is 1. The lowest BCUT2D eigenvalue weighted by Crippen LogP contribution is -2.17. The molecule has 0 atom stereocenters. The number of fused-ring (bicyclic) bond motifs is 1. The number of nitrogens with zero attached hydrogens (tertiary/aromatic N) is 2. The molecular formula is C29H30N2O3S. The van der Waals surface area contributed by atoms with E-state index in [2.05, 4.69) is 11.1 Å². The molecule has 6 heteroatoms. The first-order chi connectivity index (χ1) is 16.7. The smallest absolute Gasteiger partial charge is 0.269 e. The van der Waals surface area contributed by atoms with Gasteiger partial charge in [-0.05, 0) is 74.1 Å². The van der Waals surface area contributed by atoms with Gasteiger partial charge >= 0.3 is 0 Å². The normalized spacial score (nSPS) is 15.7. The van der Waals surface area contributed by atoms with E-state index in [1.807, 2.05) is 48.5 Å². The van der Waals surface area contributed by atoms with Gasteiger partial charge in [-0.2, -0.15) is 0 Å². The monoisotopic (exact) mass is 486 g/mol. The predicted molar refractivity (Wildman–Crippen MR) is 139 cm³/mol. The molecule has 1 aliphatic rings. The molecule has 0 aliphatic heterocycles. The Balaban J connectivity index is 1.76. The molecule has 2 aromatic heterocycles. The summed E-state index contributed by atoms with van der Waals surface area (Å²) >= 11 is 0. The van der Waals surface area contributed by atoms with Crippen LogP contribution < -0.4 is 0 Å². The zero-order chi connectivity index (χ0) is 24.6. The van der Waals surface area contributed by atoms with Crippen LogP contribution in [0.15, 0.2) is 90.0 Å². The second-order valence-electron chi connectivity index (χ2n) is 9.79. The Morgan fingerprint density at radius 1 is 1.00 bits per heavy atom. The molecule has 180 valence electrons. The second kappa shape index (κ2) is 9.10. The Morgan fingerprint density at radius 3 is 2.34 bits per heavy atom. The number of benzene rings is 2. The minimum Gasteiger partial charge on any atom is -0.386 e. The van der Waals surface area contributed by atoms with Crippen LogP contribution in [0.1, 0.15) is 56.4 Å². The van der Waals surface area contributed by atoms with Crippen molar-refractivity contribution >= 4 is 26.6 Å². The summed E-state index contributed by atoms with van der Waals surface area (Å²) in [7, 11) is -3.90. The van der Waals surface area contributed by atoms with E-state index in [0.717, 1.165) is 34.9 Å². The van der Waals surface area contributed by atoms with Gasteiger partial charge in [-0.1, -0.05) is 61.4 Å². The fourth-order valence-corrected chi connectivity index (χ4v) is 6.39. The van der Waals surface area contributed by atoms with Gasteiger partial charge in [-0.25, -0.2) is 17.4 Å². The third-order valence-electron chi connectivity index (χ3n) is 6.78. The minimum absolute atomic E-state index is 0.224. The zero-order valence-electron chi connectivity index (χ0n) is 20.1. The first-order valence-electron chi connectivity index (χ1n) is 12.1. The lowest BCUT2D eigenvalue weighted by Gasteiger charge is -2.19. The SMILES string of the molecule is CC(C)(O)c1ccc(/C(=C\C2CCCC2)c2cc3cccnc3n2S(=O)(=O)c2ccccc2)cc1. The highest BCUT2D eigenvalue weighted by Gasteiger charge is 2.27. The molecule has 2 heterocycles. The van der Waals surface area contributed by atoms with Crippen LogP contribution >= 0.6 is 0 Å². The standard InChI is InChI=1S/C29H30N2O3S/c1-29(2,32)24-16-14-22(15-17-24)26(19-21-9-6-7-10-21)27-20-23-11-8-18-30-28(23)31(27)35(33,34)25-12-4-3-5-13-25/h3-5,8,11-21,32H,6-7,9-10H2,1-2H3/b26-19+. The van der Waals surface area contributed by atoms with Crippen molar-refractivity contribution in [2.24, 2.45) is 5.92 Å². The van der Waals surface area contributed by atoms with E-state index in [0.29, 0.717) is 17.3 Å². The molecule has 4 aromatic rings. The van der Waals surface area contributed by atoms with Gasteiger partial charge in [-0.15, -0.1) is 0 Å². The molecule has 0 amide bonds. The topological polar surface area (TPSA) is 72.2 Å². The first kappa shape index (κ1) is 23.5. The van der Waals surface area contributed by atoms with Crippen LogP contribution in [0.4, 0.5) is 0 Å². The Labute approximate surface area is 206 Å². The molecule has 0 spiro atoms. The number of rotatable bonds is 6. The second-order valence-corrected chi connectivity index (χ2v) is 11.6. The van der Waals surface area contributed by atoms with Crippen molar-refractivity contribution in [3.63, 3.8) is 0 Å². The molecule has 1 saturated carbocycles. The van der Waals surface area contributed by atoms with Crippen molar-refractivity contribution in [1.29, 1.82) is 0 Å². The van der Waals surface area contributed by atoms with Crippen LogP contribution in [0.25, 0.3) is 16.6 Å². The van der Waals surface area contributed by atoms with E-state index in [1.54, 1.807) is 44.3 Å². The van der Waals surface area contributed by atoms with Crippen molar-refractivity contribution < 1.29 is 13.5 Å². The van der Waals surface area contributed by atoms with Crippen molar-refractivity contribution in [3.05, 3.63) is 102 Å². The summed E-state index contributed by atoms with van der Waals surface area (Å²) in [4.78, 5) is 4.70. The summed E-state index contributed by atoms with van der Waals surface area (Å²) in [6.45, 7) is 3.51. The summed E-state index contributed by atoms with van der Waals surface area (Å²) in [6.07, 6.45) is 8.40. The summed E-state index contributed by atoms with van der Waals surface area (Å²) < 4.78 is 29.3. The van der Waals surface area contributed by atoms with Crippen LogP contribution in [0.2, 0.25) is 0 Å². The molecule has 1 aliphatic carbocycles. The van der Waals surface area contributed by atoms with Gasteiger partial charge in [0.15, 0.2) is 5.65 Å². The highest BCUT2D eigenvalue weighted by molar-refractivity contribution is 7.90. The molecule has 0 saturated heterocycles. The van der Waals surface area contributed by atoms with Gasteiger partial charge in [0.1, 0.15) is 0 Å². The van der Waals surface area contributed by atoms with Crippen molar-refractivity contribution in [3.8, 4) is 0 Å². The largest absolute Gasteiger partial charge is 0.386 e. The number of aliphatic hydroxyl groups is 1. The third kappa shape index (κ3) is 4.56. The number of allylic oxidation sites excluding steroid dienone is 1. The number of hydrogen-bond acceptors (Lipinski definition) is 4. The maximum absolute atomic E-state index is 14.0. The first-order valence-corrected chi connectivity index (χ1v) is 13.5. The summed E-state index contributed by atoms with van der Waals surface area (Å²) in [5, 5.41) is 11.2. The molecule has 0 radical (unpaired) electrons. The van der Waals surface area contributed by atoms with E-state index in [9.17, 15) is 13.5 Å². The van der Waals surface area contributed by atoms with Crippen molar-refractivity contribution in [2.75, 3.05) is 0 Å². The molecule has 2 aromatic carbocycles.